The Bertz CT molecular complexity index is 746. The molecule has 0 fully saturated rings. The summed E-state index contributed by atoms with van der Waals surface area (Å²) in [6, 6.07) is 14.1. The maximum atomic E-state index is 5.74. The molecule has 0 spiro atoms. The third-order valence-corrected chi connectivity index (χ3v) is 3.22. The van der Waals surface area contributed by atoms with Crippen molar-refractivity contribution in [3.05, 3.63) is 48.0 Å². The molecule has 0 saturated carbocycles. The van der Waals surface area contributed by atoms with Gasteiger partial charge in [0.2, 0.25) is 0 Å². The van der Waals surface area contributed by atoms with Crippen LogP contribution in [0.1, 0.15) is 25.3 Å². The molecule has 2 aromatic carbocycles. The van der Waals surface area contributed by atoms with Crippen LogP contribution in [0, 0.1) is 0 Å². The first-order chi connectivity index (χ1) is 9.61. The predicted molar refractivity (Wildman–Crippen MR) is 82.2 cm³/mol. The lowest BCUT2D eigenvalue weighted by molar-refractivity contribution is 0.623. The largest absolute Gasteiger partial charge is 0.423 e. The molecular weight excluding hydrogens is 250 g/mol. The van der Waals surface area contributed by atoms with E-state index in [0.717, 1.165) is 16.8 Å². The molecule has 1 aromatic heterocycles. The van der Waals surface area contributed by atoms with Crippen LogP contribution in [-0.2, 0) is 0 Å². The summed E-state index contributed by atoms with van der Waals surface area (Å²) >= 11 is 0. The van der Waals surface area contributed by atoms with Crippen molar-refractivity contribution in [2.24, 2.45) is 0 Å². The summed E-state index contributed by atoms with van der Waals surface area (Å²) in [6.07, 6.45) is 0. The monoisotopic (exact) mass is 267 g/mol. The van der Waals surface area contributed by atoms with Crippen molar-refractivity contribution in [1.29, 1.82) is 0 Å². The molecule has 0 aliphatic carbocycles. The number of aromatic nitrogens is 1. The topological polar surface area (TPSA) is 64.1 Å². The van der Waals surface area contributed by atoms with Crippen molar-refractivity contribution >= 4 is 28.5 Å². The molecule has 102 valence electrons. The van der Waals surface area contributed by atoms with Gasteiger partial charge in [0.25, 0.3) is 6.01 Å². The van der Waals surface area contributed by atoms with Crippen LogP contribution in [0.15, 0.2) is 46.9 Å². The molecule has 0 radical (unpaired) electrons. The maximum Gasteiger partial charge on any atom is 0.300 e. The van der Waals surface area contributed by atoms with Gasteiger partial charge in [-0.25, -0.2) is 0 Å². The Morgan fingerprint density at radius 2 is 2.00 bits per heavy atom. The maximum absolute atomic E-state index is 5.74. The number of rotatable bonds is 3. The molecule has 0 aliphatic rings. The number of hydrogen-bond acceptors (Lipinski definition) is 4. The average Bonchev–Trinajstić information content (AvgIpc) is 2.80. The molecular formula is C16H17N3O. The molecule has 0 amide bonds. The van der Waals surface area contributed by atoms with Crippen molar-refractivity contribution < 1.29 is 4.42 Å². The summed E-state index contributed by atoms with van der Waals surface area (Å²) < 4.78 is 5.65. The SMILES string of the molecule is CC(C)c1cccc(Nc2nc3cc(N)ccc3o2)c1. The first-order valence-electron chi connectivity index (χ1n) is 6.65. The lowest BCUT2D eigenvalue weighted by Gasteiger charge is -2.07. The highest BCUT2D eigenvalue weighted by molar-refractivity contribution is 5.78. The Labute approximate surface area is 117 Å². The van der Waals surface area contributed by atoms with Crippen LogP contribution in [0.3, 0.4) is 0 Å². The molecule has 0 saturated heterocycles. The Hall–Kier alpha value is -2.49. The molecule has 3 N–H and O–H groups in total. The van der Waals surface area contributed by atoms with Gasteiger partial charge >= 0.3 is 0 Å². The quantitative estimate of drug-likeness (QED) is 0.695. The third-order valence-electron chi connectivity index (χ3n) is 3.22. The number of nitrogens with zero attached hydrogens (tertiary/aromatic N) is 1. The predicted octanol–water partition coefficient (Wildman–Crippen LogP) is 4.28. The number of benzene rings is 2. The van der Waals surface area contributed by atoms with Crippen molar-refractivity contribution in [3.8, 4) is 0 Å². The molecule has 0 bridgehead atoms. The standard InChI is InChI=1S/C16H17N3O/c1-10(2)11-4-3-5-13(8-11)18-16-19-14-9-12(17)6-7-15(14)20-16/h3-10H,17H2,1-2H3,(H,18,19). The highest BCUT2D eigenvalue weighted by atomic mass is 16.4. The number of oxazole rings is 1. The average molecular weight is 267 g/mol. The van der Waals surface area contributed by atoms with Crippen LogP contribution in [0.25, 0.3) is 11.1 Å². The van der Waals surface area contributed by atoms with E-state index in [1.165, 1.54) is 5.56 Å². The van der Waals surface area contributed by atoms with E-state index in [1.54, 1.807) is 12.1 Å². The Morgan fingerprint density at radius 1 is 1.15 bits per heavy atom. The number of hydrogen-bond donors (Lipinski definition) is 2. The number of anilines is 3. The highest BCUT2D eigenvalue weighted by Gasteiger charge is 2.07. The molecule has 0 aliphatic heterocycles. The first kappa shape index (κ1) is 12.5. The second-order valence-electron chi connectivity index (χ2n) is 5.15. The first-order valence-corrected chi connectivity index (χ1v) is 6.65. The van der Waals surface area contributed by atoms with E-state index >= 15 is 0 Å². The number of nitrogens with two attached hydrogens (primary N) is 1. The molecule has 20 heavy (non-hydrogen) atoms. The minimum atomic E-state index is 0.478. The van der Waals surface area contributed by atoms with Gasteiger partial charge in [0, 0.05) is 11.4 Å². The van der Waals surface area contributed by atoms with Crippen molar-refractivity contribution in [2.75, 3.05) is 11.1 Å². The van der Waals surface area contributed by atoms with Gasteiger partial charge in [-0.1, -0.05) is 26.0 Å². The van der Waals surface area contributed by atoms with E-state index in [-0.39, 0.29) is 0 Å². The Morgan fingerprint density at radius 3 is 2.80 bits per heavy atom. The summed E-state index contributed by atoms with van der Waals surface area (Å²) in [5.74, 6) is 0.486. The van der Waals surface area contributed by atoms with E-state index in [9.17, 15) is 0 Å². The van der Waals surface area contributed by atoms with Crippen LogP contribution < -0.4 is 11.1 Å². The van der Waals surface area contributed by atoms with E-state index in [1.807, 2.05) is 18.2 Å². The molecule has 0 atom stereocenters. The van der Waals surface area contributed by atoms with Gasteiger partial charge in [-0.2, -0.15) is 4.98 Å². The number of fused-ring (bicyclic) bond motifs is 1. The summed E-state index contributed by atoms with van der Waals surface area (Å²) in [4.78, 5) is 4.39. The molecule has 3 aromatic rings. The van der Waals surface area contributed by atoms with Crippen LogP contribution in [-0.4, -0.2) is 4.98 Å². The van der Waals surface area contributed by atoms with Gasteiger partial charge < -0.3 is 15.5 Å². The third kappa shape index (κ3) is 2.45. The molecule has 4 heteroatoms. The van der Waals surface area contributed by atoms with Gasteiger partial charge in [-0.15, -0.1) is 0 Å². The van der Waals surface area contributed by atoms with E-state index < -0.39 is 0 Å². The number of nitrogen functional groups attached to an aromatic ring is 1. The van der Waals surface area contributed by atoms with Gasteiger partial charge in [0.15, 0.2) is 5.58 Å². The Balaban J connectivity index is 1.90. The zero-order valence-corrected chi connectivity index (χ0v) is 11.6. The van der Waals surface area contributed by atoms with E-state index in [4.69, 9.17) is 10.2 Å². The summed E-state index contributed by atoms with van der Waals surface area (Å²) in [7, 11) is 0. The molecule has 4 nitrogen and oxygen atoms in total. The second kappa shape index (κ2) is 4.89. The highest BCUT2D eigenvalue weighted by Crippen LogP contribution is 2.25. The summed E-state index contributed by atoms with van der Waals surface area (Å²) in [6.45, 7) is 4.34. The van der Waals surface area contributed by atoms with Crippen LogP contribution >= 0.6 is 0 Å². The number of nitrogens with one attached hydrogen (secondary N) is 1. The zero-order chi connectivity index (χ0) is 14.1. The zero-order valence-electron chi connectivity index (χ0n) is 11.6. The molecule has 1 heterocycles. The summed E-state index contributed by atoms with van der Waals surface area (Å²) in [5, 5.41) is 3.19. The smallest absolute Gasteiger partial charge is 0.300 e. The minimum absolute atomic E-state index is 0.478. The fourth-order valence-corrected chi connectivity index (χ4v) is 2.10. The normalized spacial score (nSPS) is 11.2. The van der Waals surface area contributed by atoms with Gasteiger partial charge in [0.05, 0.1) is 0 Å². The fraction of sp³-hybridized carbons (Fsp3) is 0.188. The van der Waals surface area contributed by atoms with E-state index in [0.29, 0.717) is 17.6 Å². The fourth-order valence-electron chi connectivity index (χ4n) is 2.10. The lowest BCUT2D eigenvalue weighted by Crippen LogP contribution is -1.93. The molecule has 0 unspecified atom stereocenters. The van der Waals surface area contributed by atoms with Crippen molar-refractivity contribution in [3.63, 3.8) is 0 Å². The van der Waals surface area contributed by atoms with Crippen molar-refractivity contribution in [1.82, 2.24) is 4.98 Å². The van der Waals surface area contributed by atoms with Crippen LogP contribution in [0.5, 0.6) is 0 Å². The summed E-state index contributed by atoms with van der Waals surface area (Å²) in [5.41, 5.74) is 10.1. The van der Waals surface area contributed by atoms with Gasteiger partial charge in [-0.05, 0) is 41.8 Å². The van der Waals surface area contributed by atoms with Crippen LogP contribution in [0.4, 0.5) is 17.4 Å². The van der Waals surface area contributed by atoms with Gasteiger partial charge in [0.1, 0.15) is 5.52 Å². The lowest BCUT2D eigenvalue weighted by atomic mass is 10.0. The Kier molecular flexibility index (Phi) is 3.06. The second-order valence-corrected chi connectivity index (χ2v) is 5.15. The van der Waals surface area contributed by atoms with Crippen molar-refractivity contribution in [2.45, 2.75) is 19.8 Å². The van der Waals surface area contributed by atoms with Crippen LogP contribution in [0.2, 0.25) is 0 Å². The minimum Gasteiger partial charge on any atom is -0.423 e. The van der Waals surface area contributed by atoms with E-state index in [2.05, 4.69) is 36.3 Å². The molecule has 3 rings (SSSR count). The van der Waals surface area contributed by atoms with Gasteiger partial charge in [-0.3, -0.25) is 0 Å².